The number of rotatable bonds is 5. The first-order valence-electron chi connectivity index (χ1n) is 9.67. The highest BCUT2D eigenvalue weighted by Gasteiger charge is 2.45. The van der Waals surface area contributed by atoms with Crippen molar-refractivity contribution in [3.8, 4) is 11.8 Å². The van der Waals surface area contributed by atoms with Gasteiger partial charge in [0.2, 0.25) is 5.91 Å². The van der Waals surface area contributed by atoms with E-state index < -0.39 is 5.41 Å². The number of amides is 1. The first kappa shape index (κ1) is 18.7. The Labute approximate surface area is 164 Å². The summed E-state index contributed by atoms with van der Waals surface area (Å²) < 4.78 is 16.8. The number of hydrogen-bond donors (Lipinski definition) is 0. The van der Waals surface area contributed by atoms with Crippen LogP contribution in [-0.4, -0.2) is 60.3 Å². The number of methoxy groups -OCH3 is 1. The van der Waals surface area contributed by atoms with Crippen LogP contribution < -0.4 is 9.47 Å². The molecular weight excluding hydrogens is 358 g/mol. The summed E-state index contributed by atoms with van der Waals surface area (Å²) in [5.74, 6) is 0.893. The molecule has 1 atom stereocenters. The zero-order chi connectivity index (χ0) is 19.4. The van der Waals surface area contributed by atoms with Crippen molar-refractivity contribution in [3.05, 3.63) is 48.3 Å². The van der Waals surface area contributed by atoms with Crippen LogP contribution in [0.5, 0.6) is 11.8 Å². The van der Waals surface area contributed by atoms with E-state index in [4.69, 9.17) is 14.2 Å². The summed E-state index contributed by atoms with van der Waals surface area (Å²) in [6.45, 7) is 2.41. The molecule has 1 aromatic heterocycles. The van der Waals surface area contributed by atoms with Crippen LogP contribution in [0, 0.1) is 0 Å². The molecule has 0 radical (unpaired) electrons. The third-order valence-corrected chi connectivity index (χ3v) is 5.62. The van der Waals surface area contributed by atoms with Crippen molar-refractivity contribution in [3.63, 3.8) is 0 Å². The average Bonchev–Trinajstić information content (AvgIpc) is 3.23. The maximum absolute atomic E-state index is 13.6. The molecule has 0 saturated carbocycles. The van der Waals surface area contributed by atoms with Crippen molar-refractivity contribution in [2.75, 3.05) is 33.4 Å². The average molecular weight is 383 g/mol. The summed E-state index contributed by atoms with van der Waals surface area (Å²) in [6, 6.07) is 10.1. The molecule has 2 aliphatic heterocycles. The second kappa shape index (κ2) is 8.14. The number of aromatic nitrogens is 2. The summed E-state index contributed by atoms with van der Waals surface area (Å²) >= 11 is 0. The molecule has 7 nitrogen and oxygen atoms in total. The number of carbonyl (C=O) groups is 1. The molecule has 3 heterocycles. The first-order chi connectivity index (χ1) is 13.7. The van der Waals surface area contributed by atoms with Crippen molar-refractivity contribution in [2.45, 2.75) is 30.8 Å². The molecule has 7 heteroatoms. The van der Waals surface area contributed by atoms with Crippen LogP contribution in [0.3, 0.4) is 0 Å². The largest absolute Gasteiger partial charge is 0.477 e. The fourth-order valence-electron chi connectivity index (χ4n) is 4.11. The van der Waals surface area contributed by atoms with Gasteiger partial charge in [0.05, 0.1) is 19.1 Å². The maximum atomic E-state index is 13.6. The Kier molecular flexibility index (Phi) is 5.43. The van der Waals surface area contributed by atoms with Gasteiger partial charge in [-0.3, -0.25) is 4.79 Å². The van der Waals surface area contributed by atoms with E-state index in [-0.39, 0.29) is 12.0 Å². The number of hydrogen-bond acceptors (Lipinski definition) is 6. The molecule has 0 aliphatic carbocycles. The first-order valence-corrected chi connectivity index (χ1v) is 9.67. The molecule has 0 bridgehead atoms. The van der Waals surface area contributed by atoms with Gasteiger partial charge in [0, 0.05) is 38.6 Å². The summed E-state index contributed by atoms with van der Waals surface area (Å²) in [5.41, 5.74) is 0.557. The molecule has 1 aromatic carbocycles. The molecule has 0 N–H and O–H groups in total. The van der Waals surface area contributed by atoms with Gasteiger partial charge in [-0.15, -0.1) is 0 Å². The minimum atomic E-state index is -0.515. The zero-order valence-corrected chi connectivity index (χ0v) is 16.0. The van der Waals surface area contributed by atoms with Crippen LogP contribution >= 0.6 is 0 Å². The molecule has 1 amide bonds. The van der Waals surface area contributed by atoms with Gasteiger partial charge >= 0.3 is 0 Å². The van der Waals surface area contributed by atoms with Crippen LogP contribution in [0.15, 0.2) is 42.7 Å². The SMILES string of the molecule is COc1nccnc1OC1CCN(C(=O)C2(c3ccccc3)CCOCC2)C1. The Morgan fingerprint density at radius 2 is 1.86 bits per heavy atom. The Hall–Kier alpha value is -2.67. The van der Waals surface area contributed by atoms with E-state index in [9.17, 15) is 4.79 Å². The lowest BCUT2D eigenvalue weighted by Gasteiger charge is -2.39. The van der Waals surface area contributed by atoms with Gasteiger partial charge < -0.3 is 19.1 Å². The Morgan fingerprint density at radius 3 is 2.57 bits per heavy atom. The van der Waals surface area contributed by atoms with Crippen molar-refractivity contribution in [2.24, 2.45) is 0 Å². The second-order valence-corrected chi connectivity index (χ2v) is 7.21. The standard InChI is InChI=1S/C21H25N3O4/c1-26-18-19(23-11-10-22-18)28-17-7-12-24(15-17)20(25)21(8-13-27-14-9-21)16-5-3-2-4-6-16/h2-6,10-11,17H,7-9,12-15H2,1H3. The lowest BCUT2D eigenvalue weighted by Crippen LogP contribution is -2.49. The Morgan fingerprint density at radius 1 is 1.14 bits per heavy atom. The highest BCUT2D eigenvalue weighted by molar-refractivity contribution is 5.88. The molecule has 2 aromatic rings. The molecule has 148 valence electrons. The van der Waals surface area contributed by atoms with Crippen LogP contribution in [0.2, 0.25) is 0 Å². The van der Waals surface area contributed by atoms with Crippen molar-refractivity contribution >= 4 is 5.91 Å². The Bertz CT molecular complexity index is 808. The quantitative estimate of drug-likeness (QED) is 0.788. The van der Waals surface area contributed by atoms with E-state index >= 15 is 0 Å². The minimum Gasteiger partial charge on any atom is -0.477 e. The second-order valence-electron chi connectivity index (χ2n) is 7.21. The predicted molar refractivity (Wildman–Crippen MR) is 102 cm³/mol. The third kappa shape index (κ3) is 3.54. The number of ether oxygens (including phenoxy) is 3. The highest BCUT2D eigenvalue weighted by atomic mass is 16.5. The van der Waals surface area contributed by atoms with E-state index in [2.05, 4.69) is 22.1 Å². The van der Waals surface area contributed by atoms with E-state index in [1.807, 2.05) is 23.1 Å². The normalized spacial score (nSPS) is 21.3. The summed E-state index contributed by atoms with van der Waals surface area (Å²) in [5, 5.41) is 0. The highest BCUT2D eigenvalue weighted by Crippen LogP contribution is 2.38. The van der Waals surface area contributed by atoms with E-state index in [0.29, 0.717) is 50.9 Å². The molecule has 28 heavy (non-hydrogen) atoms. The van der Waals surface area contributed by atoms with Gasteiger partial charge in [0.25, 0.3) is 11.8 Å². The van der Waals surface area contributed by atoms with Gasteiger partial charge in [-0.05, 0) is 18.4 Å². The number of benzene rings is 1. The van der Waals surface area contributed by atoms with Crippen molar-refractivity contribution in [1.29, 1.82) is 0 Å². The van der Waals surface area contributed by atoms with Crippen LogP contribution in [-0.2, 0) is 14.9 Å². The predicted octanol–water partition coefficient (Wildman–Crippen LogP) is 2.21. The van der Waals surface area contributed by atoms with Crippen LogP contribution in [0.1, 0.15) is 24.8 Å². The number of nitrogens with zero attached hydrogens (tertiary/aromatic N) is 3. The Balaban J connectivity index is 1.50. The minimum absolute atomic E-state index is 0.123. The topological polar surface area (TPSA) is 73.8 Å². The van der Waals surface area contributed by atoms with E-state index in [1.54, 1.807) is 12.4 Å². The summed E-state index contributed by atoms with van der Waals surface area (Å²) in [4.78, 5) is 23.8. The van der Waals surface area contributed by atoms with Crippen LogP contribution in [0.4, 0.5) is 0 Å². The van der Waals surface area contributed by atoms with Crippen LogP contribution in [0.25, 0.3) is 0 Å². The lowest BCUT2D eigenvalue weighted by atomic mass is 9.73. The fraction of sp³-hybridized carbons (Fsp3) is 0.476. The number of carbonyl (C=O) groups excluding carboxylic acids is 1. The van der Waals surface area contributed by atoms with E-state index in [0.717, 1.165) is 12.0 Å². The molecule has 0 spiro atoms. The fourth-order valence-corrected chi connectivity index (χ4v) is 4.11. The van der Waals surface area contributed by atoms with Gasteiger partial charge in [-0.2, -0.15) is 0 Å². The van der Waals surface area contributed by atoms with Crippen molar-refractivity contribution < 1.29 is 19.0 Å². The smallest absolute Gasteiger partial charge is 0.278 e. The van der Waals surface area contributed by atoms with Gasteiger partial charge in [0.15, 0.2) is 0 Å². The summed E-state index contributed by atoms with van der Waals surface area (Å²) in [6.07, 6.45) is 5.17. The molecule has 2 aliphatic rings. The summed E-state index contributed by atoms with van der Waals surface area (Å²) in [7, 11) is 1.54. The third-order valence-electron chi connectivity index (χ3n) is 5.62. The van der Waals surface area contributed by atoms with Gasteiger partial charge in [0.1, 0.15) is 6.10 Å². The van der Waals surface area contributed by atoms with Gasteiger partial charge in [-0.1, -0.05) is 30.3 Å². The monoisotopic (exact) mass is 383 g/mol. The molecule has 2 fully saturated rings. The maximum Gasteiger partial charge on any atom is 0.278 e. The molecular formula is C21H25N3O4. The molecule has 1 unspecified atom stereocenters. The molecule has 2 saturated heterocycles. The molecule has 4 rings (SSSR count). The number of likely N-dealkylation sites (tertiary alicyclic amines) is 1. The zero-order valence-electron chi connectivity index (χ0n) is 16.0. The van der Waals surface area contributed by atoms with Gasteiger partial charge in [-0.25, -0.2) is 9.97 Å². The lowest BCUT2D eigenvalue weighted by molar-refractivity contribution is -0.140. The van der Waals surface area contributed by atoms with Crippen molar-refractivity contribution in [1.82, 2.24) is 14.9 Å². The van der Waals surface area contributed by atoms with E-state index in [1.165, 1.54) is 7.11 Å².